The number of aromatic nitrogens is 1. The molecule has 3 heteroatoms. The molecule has 18 heavy (non-hydrogen) atoms. The molecular weight excluding hydrogens is 222 g/mol. The lowest BCUT2D eigenvalue weighted by atomic mass is 10.1. The molecule has 1 rings (SSSR count). The van der Waals surface area contributed by atoms with Gasteiger partial charge in [-0.2, -0.15) is 0 Å². The maximum atomic E-state index is 5.67. The third-order valence-corrected chi connectivity index (χ3v) is 3.27. The SMILES string of the molecule is CCC(CC)N(Cc1ccc(N)cn1)CC(C)C. The first-order chi connectivity index (χ1) is 8.56. The molecule has 0 amide bonds. The fourth-order valence-electron chi connectivity index (χ4n) is 2.35. The summed E-state index contributed by atoms with van der Waals surface area (Å²) in [4.78, 5) is 6.95. The fourth-order valence-corrected chi connectivity index (χ4v) is 2.35. The van der Waals surface area contributed by atoms with Crippen LogP contribution in [0.1, 0.15) is 46.2 Å². The molecule has 1 heterocycles. The van der Waals surface area contributed by atoms with Crippen molar-refractivity contribution in [2.75, 3.05) is 12.3 Å². The first-order valence-corrected chi connectivity index (χ1v) is 7.01. The van der Waals surface area contributed by atoms with Crippen LogP contribution in [-0.4, -0.2) is 22.5 Å². The van der Waals surface area contributed by atoms with Gasteiger partial charge in [-0.15, -0.1) is 0 Å². The Bertz CT molecular complexity index is 328. The lowest BCUT2D eigenvalue weighted by Gasteiger charge is -2.31. The zero-order valence-corrected chi connectivity index (χ0v) is 12.2. The quantitative estimate of drug-likeness (QED) is 0.806. The molecule has 0 aromatic carbocycles. The summed E-state index contributed by atoms with van der Waals surface area (Å²) in [5.41, 5.74) is 7.52. The van der Waals surface area contributed by atoms with Gasteiger partial charge in [0.05, 0.1) is 17.6 Å². The van der Waals surface area contributed by atoms with Crippen molar-refractivity contribution in [3.05, 3.63) is 24.0 Å². The molecule has 0 bridgehead atoms. The summed E-state index contributed by atoms with van der Waals surface area (Å²) in [5, 5.41) is 0. The number of nitrogen functional groups attached to an aromatic ring is 1. The molecule has 2 N–H and O–H groups in total. The van der Waals surface area contributed by atoms with Crippen LogP contribution in [0.5, 0.6) is 0 Å². The van der Waals surface area contributed by atoms with E-state index in [1.165, 1.54) is 12.8 Å². The maximum absolute atomic E-state index is 5.67. The highest BCUT2D eigenvalue weighted by molar-refractivity contribution is 5.34. The summed E-state index contributed by atoms with van der Waals surface area (Å²) in [6, 6.07) is 4.61. The highest BCUT2D eigenvalue weighted by Crippen LogP contribution is 2.15. The Labute approximate surface area is 111 Å². The van der Waals surface area contributed by atoms with E-state index in [0.717, 1.165) is 24.5 Å². The van der Waals surface area contributed by atoms with Gasteiger partial charge in [0.2, 0.25) is 0 Å². The second-order valence-electron chi connectivity index (χ2n) is 5.38. The molecular formula is C15H27N3. The molecule has 102 valence electrons. The molecule has 0 spiro atoms. The molecule has 0 saturated carbocycles. The van der Waals surface area contributed by atoms with E-state index in [1.807, 2.05) is 12.1 Å². The third-order valence-electron chi connectivity index (χ3n) is 3.27. The Morgan fingerprint density at radius 2 is 1.89 bits per heavy atom. The Kier molecular flexibility index (Phi) is 6.13. The van der Waals surface area contributed by atoms with Gasteiger partial charge < -0.3 is 5.73 Å². The van der Waals surface area contributed by atoms with Gasteiger partial charge >= 0.3 is 0 Å². The van der Waals surface area contributed by atoms with Crippen LogP contribution in [-0.2, 0) is 6.54 Å². The van der Waals surface area contributed by atoms with E-state index in [0.29, 0.717) is 12.0 Å². The molecule has 0 unspecified atom stereocenters. The van der Waals surface area contributed by atoms with E-state index in [4.69, 9.17) is 5.73 Å². The smallest absolute Gasteiger partial charge is 0.0545 e. The van der Waals surface area contributed by atoms with Crippen molar-refractivity contribution in [1.82, 2.24) is 9.88 Å². The van der Waals surface area contributed by atoms with Gasteiger partial charge in [-0.25, -0.2) is 0 Å². The maximum Gasteiger partial charge on any atom is 0.0545 e. The van der Waals surface area contributed by atoms with Crippen LogP contribution in [0.3, 0.4) is 0 Å². The van der Waals surface area contributed by atoms with Gasteiger partial charge in [-0.05, 0) is 30.9 Å². The number of nitrogens with two attached hydrogens (primary N) is 1. The van der Waals surface area contributed by atoms with Crippen molar-refractivity contribution >= 4 is 5.69 Å². The summed E-state index contributed by atoms with van der Waals surface area (Å²) in [6.07, 6.45) is 4.13. The molecule has 0 saturated heterocycles. The Hall–Kier alpha value is -1.09. The van der Waals surface area contributed by atoms with E-state index >= 15 is 0 Å². The summed E-state index contributed by atoms with van der Waals surface area (Å²) < 4.78 is 0. The number of pyridine rings is 1. The fraction of sp³-hybridized carbons (Fsp3) is 0.667. The number of hydrogen-bond donors (Lipinski definition) is 1. The van der Waals surface area contributed by atoms with Gasteiger partial charge in [0.1, 0.15) is 0 Å². The molecule has 0 radical (unpaired) electrons. The van der Waals surface area contributed by atoms with Gasteiger partial charge in [-0.1, -0.05) is 27.7 Å². The minimum atomic E-state index is 0.645. The highest BCUT2D eigenvalue weighted by Gasteiger charge is 2.16. The van der Waals surface area contributed by atoms with Crippen LogP contribution in [0.25, 0.3) is 0 Å². The van der Waals surface area contributed by atoms with Crippen molar-refractivity contribution in [3.8, 4) is 0 Å². The van der Waals surface area contributed by atoms with E-state index < -0.39 is 0 Å². The van der Waals surface area contributed by atoms with Crippen molar-refractivity contribution in [2.24, 2.45) is 5.92 Å². The largest absolute Gasteiger partial charge is 0.397 e. The van der Waals surface area contributed by atoms with Gasteiger partial charge in [0.25, 0.3) is 0 Å². The van der Waals surface area contributed by atoms with Crippen molar-refractivity contribution in [1.29, 1.82) is 0 Å². The third kappa shape index (κ3) is 4.65. The molecule has 0 fully saturated rings. The lowest BCUT2D eigenvalue weighted by Crippen LogP contribution is -2.36. The minimum Gasteiger partial charge on any atom is -0.397 e. The average Bonchev–Trinajstić information content (AvgIpc) is 2.33. The molecule has 1 aromatic rings. The molecule has 3 nitrogen and oxygen atoms in total. The molecule has 0 atom stereocenters. The molecule has 1 aromatic heterocycles. The first kappa shape index (κ1) is 15.0. The molecule has 0 aliphatic heterocycles. The van der Waals surface area contributed by atoms with Crippen molar-refractivity contribution in [3.63, 3.8) is 0 Å². The zero-order chi connectivity index (χ0) is 13.5. The van der Waals surface area contributed by atoms with Crippen LogP contribution >= 0.6 is 0 Å². The summed E-state index contributed by atoms with van der Waals surface area (Å²) in [6.45, 7) is 11.1. The number of hydrogen-bond acceptors (Lipinski definition) is 3. The number of anilines is 1. The second-order valence-corrected chi connectivity index (χ2v) is 5.38. The van der Waals surface area contributed by atoms with Crippen LogP contribution in [0.4, 0.5) is 5.69 Å². The highest BCUT2D eigenvalue weighted by atomic mass is 15.2. The zero-order valence-electron chi connectivity index (χ0n) is 12.2. The summed E-state index contributed by atoms with van der Waals surface area (Å²) in [7, 11) is 0. The van der Waals surface area contributed by atoms with E-state index in [-0.39, 0.29) is 0 Å². The van der Waals surface area contributed by atoms with E-state index in [1.54, 1.807) is 6.20 Å². The van der Waals surface area contributed by atoms with Crippen LogP contribution < -0.4 is 5.73 Å². The normalized spacial score (nSPS) is 11.7. The standard InChI is InChI=1S/C15H27N3/c1-5-15(6-2)18(10-12(3)4)11-14-8-7-13(16)9-17-14/h7-9,12,15H,5-6,10-11,16H2,1-4H3. The van der Waals surface area contributed by atoms with Crippen LogP contribution in [0.15, 0.2) is 18.3 Å². The van der Waals surface area contributed by atoms with Crippen LogP contribution in [0.2, 0.25) is 0 Å². The first-order valence-electron chi connectivity index (χ1n) is 7.01. The Balaban J connectivity index is 2.73. The van der Waals surface area contributed by atoms with Gasteiger partial charge in [-0.3, -0.25) is 9.88 Å². The van der Waals surface area contributed by atoms with Crippen molar-refractivity contribution < 1.29 is 0 Å². The topological polar surface area (TPSA) is 42.1 Å². The number of rotatable bonds is 7. The van der Waals surface area contributed by atoms with E-state index in [2.05, 4.69) is 37.6 Å². The minimum absolute atomic E-state index is 0.645. The Morgan fingerprint density at radius 3 is 2.33 bits per heavy atom. The summed E-state index contributed by atoms with van der Waals surface area (Å²) in [5.74, 6) is 0.680. The predicted octanol–water partition coefficient (Wildman–Crippen LogP) is 3.31. The lowest BCUT2D eigenvalue weighted by molar-refractivity contribution is 0.155. The molecule has 0 aliphatic rings. The average molecular weight is 249 g/mol. The predicted molar refractivity (Wildman–Crippen MR) is 78.3 cm³/mol. The number of nitrogens with zero attached hydrogens (tertiary/aromatic N) is 2. The summed E-state index contributed by atoms with van der Waals surface area (Å²) >= 11 is 0. The van der Waals surface area contributed by atoms with Crippen LogP contribution in [0, 0.1) is 5.92 Å². The second kappa shape index (κ2) is 7.37. The Morgan fingerprint density at radius 1 is 1.22 bits per heavy atom. The monoisotopic (exact) mass is 249 g/mol. The van der Waals surface area contributed by atoms with Gasteiger partial charge in [0.15, 0.2) is 0 Å². The van der Waals surface area contributed by atoms with E-state index in [9.17, 15) is 0 Å². The molecule has 0 aliphatic carbocycles. The van der Waals surface area contributed by atoms with Gasteiger partial charge in [0, 0.05) is 19.1 Å². The van der Waals surface area contributed by atoms with Crippen molar-refractivity contribution in [2.45, 2.75) is 53.1 Å².